The van der Waals surface area contributed by atoms with Gasteiger partial charge in [0, 0.05) is 50.8 Å². The van der Waals surface area contributed by atoms with Gasteiger partial charge in [0.2, 0.25) is 5.92 Å². The number of hydrogen-bond donors (Lipinski definition) is 2. The van der Waals surface area contributed by atoms with Crippen molar-refractivity contribution in [2.24, 2.45) is 10.9 Å². The minimum absolute atomic E-state index is 0.0373. The first-order chi connectivity index (χ1) is 20.9. The molecule has 2 atom stereocenters. The first kappa shape index (κ1) is 33.7. The Hall–Kier alpha value is -3.21. The van der Waals surface area contributed by atoms with Gasteiger partial charge in [-0.1, -0.05) is 51.0 Å². The standard InChI is InChI=1S/C29H37F5N6.C4H8/c1-5-35-26(29(32,33)34)18-39(4)17-20-7-8-22-16-24(38-23(22)15-20)27(21-9-12-28(30,31)13-10-21)37-19(3)25-11-14-36-40(25)6-2;1-2-4-3-1/h5,7-8,11,14-15,21,26-27,35,37H,1,3,6,9-10,12-13,16-18H2,2,4H3;1-4H2/t26?,27-;/m0./s1. The molecule has 1 unspecified atom stereocenters. The van der Waals surface area contributed by atoms with Crippen LogP contribution in [0, 0.1) is 5.92 Å². The molecule has 2 aromatic rings. The maximum atomic E-state index is 14.0. The molecule has 0 radical (unpaired) electrons. The maximum Gasteiger partial charge on any atom is 0.409 e. The Morgan fingerprint density at radius 3 is 2.43 bits per heavy atom. The zero-order valence-electron chi connectivity index (χ0n) is 25.8. The smallest absolute Gasteiger partial charge is 0.379 e. The van der Waals surface area contributed by atoms with E-state index in [1.807, 2.05) is 35.9 Å². The van der Waals surface area contributed by atoms with Gasteiger partial charge in [-0.2, -0.15) is 18.3 Å². The summed E-state index contributed by atoms with van der Waals surface area (Å²) in [5, 5.41) is 10.1. The average molecular weight is 621 g/mol. The summed E-state index contributed by atoms with van der Waals surface area (Å²) in [7, 11) is 1.64. The minimum Gasteiger partial charge on any atom is -0.379 e. The number of alkyl halides is 5. The van der Waals surface area contributed by atoms with Crippen LogP contribution in [0.2, 0.25) is 0 Å². The van der Waals surface area contributed by atoms with Gasteiger partial charge in [-0.25, -0.2) is 8.78 Å². The molecule has 6 nitrogen and oxygen atoms in total. The summed E-state index contributed by atoms with van der Waals surface area (Å²) in [4.78, 5) is 6.52. The third-order valence-electron chi connectivity index (χ3n) is 8.69. The van der Waals surface area contributed by atoms with Gasteiger partial charge in [0.05, 0.1) is 23.1 Å². The van der Waals surface area contributed by atoms with E-state index in [-0.39, 0.29) is 31.3 Å². The van der Waals surface area contributed by atoms with E-state index in [1.54, 1.807) is 18.1 Å². The minimum atomic E-state index is -4.40. The van der Waals surface area contributed by atoms with E-state index in [9.17, 15) is 22.0 Å². The highest BCUT2D eigenvalue weighted by Gasteiger charge is 2.41. The van der Waals surface area contributed by atoms with E-state index in [0.29, 0.717) is 38.0 Å². The van der Waals surface area contributed by atoms with Gasteiger partial charge >= 0.3 is 6.18 Å². The van der Waals surface area contributed by atoms with Crippen LogP contribution < -0.4 is 10.6 Å². The molecule has 11 heteroatoms. The predicted molar refractivity (Wildman–Crippen MR) is 166 cm³/mol. The molecule has 0 spiro atoms. The van der Waals surface area contributed by atoms with Crippen LogP contribution in [0.3, 0.4) is 0 Å². The fraction of sp³-hybridized carbons (Fsp3) is 0.576. The second kappa shape index (κ2) is 14.7. The molecule has 1 aromatic heterocycles. The molecule has 2 saturated carbocycles. The van der Waals surface area contributed by atoms with Crippen LogP contribution in [0.4, 0.5) is 27.6 Å². The Balaban J connectivity index is 0.00000102. The number of nitrogens with one attached hydrogen (secondary N) is 2. The molecular weight excluding hydrogens is 575 g/mol. The first-order valence-electron chi connectivity index (χ1n) is 15.6. The van der Waals surface area contributed by atoms with Crippen LogP contribution >= 0.6 is 0 Å². The predicted octanol–water partition coefficient (Wildman–Crippen LogP) is 7.64. The topological polar surface area (TPSA) is 57.5 Å². The molecule has 5 rings (SSSR count). The lowest BCUT2D eigenvalue weighted by molar-refractivity contribution is -0.157. The third kappa shape index (κ3) is 8.92. The summed E-state index contributed by atoms with van der Waals surface area (Å²) in [5.74, 6) is -2.68. The number of aryl methyl sites for hydroxylation is 1. The number of likely N-dealkylation sites (N-methyl/N-ethyl adjacent to an activating group) is 1. The van der Waals surface area contributed by atoms with Gasteiger partial charge in [0.25, 0.3) is 0 Å². The van der Waals surface area contributed by atoms with Crippen LogP contribution in [-0.4, -0.2) is 58.2 Å². The lowest BCUT2D eigenvalue weighted by atomic mass is 9.79. The number of fused-ring (bicyclic) bond motifs is 1. The number of benzene rings is 1. The van der Waals surface area contributed by atoms with E-state index in [2.05, 4.69) is 28.9 Å². The SMILES string of the molecule is C1CCC1.C=CNC(CN(C)Cc1ccc2c(c1)N=C([C@@H](NC(=C)c1ccnn1CC)C1CCC(F)(F)CC1)C2)C(F)(F)F. The Kier molecular flexibility index (Phi) is 11.3. The van der Waals surface area contributed by atoms with E-state index in [4.69, 9.17) is 4.99 Å². The Morgan fingerprint density at radius 2 is 1.84 bits per heavy atom. The number of aliphatic imine (C=N–C) groups is 1. The molecule has 3 aliphatic rings. The zero-order valence-corrected chi connectivity index (χ0v) is 25.8. The van der Waals surface area contributed by atoms with Gasteiger partial charge < -0.3 is 10.6 Å². The molecule has 242 valence electrons. The molecular formula is C33H45F5N6. The van der Waals surface area contributed by atoms with Crippen molar-refractivity contribution in [3.8, 4) is 0 Å². The molecule has 2 aliphatic carbocycles. The fourth-order valence-electron chi connectivity index (χ4n) is 5.83. The van der Waals surface area contributed by atoms with Gasteiger partial charge in [0.1, 0.15) is 6.04 Å². The maximum absolute atomic E-state index is 14.0. The fourth-order valence-corrected chi connectivity index (χ4v) is 5.83. The summed E-state index contributed by atoms with van der Waals surface area (Å²) in [6, 6.07) is 5.62. The monoisotopic (exact) mass is 620 g/mol. The molecule has 0 amide bonds. The highest BCUT2D eigenvalue weighted by molar-refractivity contribution is 5.98. The Bertz CT molecular complexity index is 1280. The van der Waals surface area contributed by atoms with Crippen LogP contribution in [0.1, 0.15) is 75.1 Å². The first-order valence-corrected chi connectivity index (χ1v) is 15.6. The van der Waals surface area contributed by atoms with Gasteiger partial charge in [-0.05, 0) is 62.2 Å². The normalized spacial score (nSPS) is 19.1. The van der Waals surface area contributed by atoms with Gasteiger partial charge in [-0.15, -0.1) is 0 Å². The number of nitrogens with zero attached hydrogens (tertiary/aromatic N) is 4. The van der Waals surface area contributed by atoms with Gasteiger partial charge in [-0.3, -0.25) is 14.6 Å². The van der Waals surface area contributed by atoms with Crippen LogP contribution in [-0.2, 0) is 19.5 Å². The summed E-state index contributed by atoms with van der Waals surface area (Å²) in [6.45, 7) is 10.3. The summed E-state index contributed by atoms with van der Waals surface area (Å²) in [5.41, 5.74) is 4.94. The molecule has 0 saturated heterocycles. The third-order valence-corrected chi connectivity index (χ3v) is 8.69. The number of halogens is 5. The zero-order chi connectivity index (χ0) is 31.9. The van der Waals surface area contributed by atoms with Crippen molar-refractivity contribution in [2.75, 3.05) is 13.6 Å². The average Bonchev–Trinajstić information content (AvgIpc) is 3.57. The molecule has 44 heavy (non-hydrogen) atoms. The number of rotatable bonds is 12. The Labute approximate surface area is 257 Å². The van der Waals surface area contributed by atoms with Crippen molar-refractivity contribution in [3.63, 3.8) is 0 Å². The van der Waals surface area contributed by atoms with Crippen molar-refractivity contribution >= 4 is 17.1 Å². The molecule has 0 bridgehead atoms. The van der Waals surface area contributed by atoms with Crippen molar-refractivity contribution in [2.45, 2.75) is 102 Å². The number of hydrogen-bond acceptors (Lipinski definition) is 5. The lowest BCUT2D eigenvalue weighted by Crippen LogP contribution is -2.47. The van der Waals surface area contributed by atoms with Crippen molar-refractivity contribution in [3.05, 3.63) is 66.6 Å². The van der Waals surface area contributed by atoms with Gasteiger partial charge in [0.15, 0.2) is 0 Å². The molecule has 1 aromatic carbocycles. The quantitative estimate of drug-likeness (QED) is 0.240. The van der Waals surface area contributed by atoms with Crippen molar-refractivity contribution in [1.82, 2.24) is 25.3 Å². The molecule has 1 aliphatic heterocycles. The summed E-state index contributed by atoms with van der Waals surface area (Å²) < 4.78 is 69.8. The highest BCUT2D eigenvalue weighted by Crippen LogP contribution is 2.40. The summed E-state index contributed by atoms with van der Waals surface area (Å²) >= 11 is 0. The molecule has 2 N–H and O–H groups in total. The van der Waals surface area contributed by atoms with Crippen LogP contribution in [0.25, 0.3) is 5.70 Å². The highest BCUT2D eigenvalue weighted by atomic mass is 19.4. The lowest BCUT2D eigenvalue weighted by Gasteiger charge is -2.35. The van der Waals surface area contributed by atoms with Crippen molar-refractivity contribution in [1.29, 1.82) is 0 Å². The molecule has 2 fully saturated rings. The molecule has 2 heterocycles. The Morgan fingerprint density at radius 1 is 1.16 bits per heavy atom. The van der Waals surface area contributed by atoms with E-state index in [0.717, 1.165) is 34.4 Å². The van der Waals surface area contributed by atoms with Crippen LogP contribution in [0.15, 0.2) is 54.8 Å². The second-order valence-electron chi connectivity index (χ2n) is 12.1. The van der Waals surface area contributed by atoms with E-state index in [1.165, 1.54) is 25.7 Å². The largest absolute Gasteiger partial charge is 0.409 e. The number of aromatic nitrogens is 2. The van der Waals surface area contributed by atoms with Crippen LogP contribution in [0.5, 0.6) is 0 Å². The van der Waals surface area contributed by atoms with E-state index < -0.39 is 18.1 Å². The summed E-state index contributed by atoms with van der Waals surface area (Å²) in [6.07, 6.45) is 5.34. The second-order valence-corrected chi connectivity index (χ2v) is 12.1. The van der Waals surface area contributed by atoms with Crippen molar-refractivity contribution < 1.29 is 22.0 Å². The van der Waals surface area contributed by atoms with E-state index >= 15 is 0 Å².